The van der Waals surface area contributed by atoms with Gasteiger partial charge in [0.15, 0.2) is 5.69 Å². The average Bonchev–Trinajstić information content (AvgIpc) is 3.41. The van der Waals surface area contributed by atoms with Gasteiger partial charge in [0, 0.05) is 29.4 Å². The van der Waals surface area contributed by atoms with Crippen molar-refractivity contribution in [2.45, 2.75) is 32.6 Å². The van der Waals surface area contributed by atoms with Gasteiger partial charge in [-0.05, 0) is 51.0 Å². The fourth-order valence-corrected chi connectivity index (χ4v) is 3.13. The van der Waals surface area contributed by atoms with Crippen LogP contribution < -0.4 is 10.1 Å². The Kier molecular flexibility index (Phi) is 4.70. The molecule has 0 aliphatic heterocycles. The molecular formula is C22H20N6O3. The van der Waals surface area contributed by atoms with Crippen LogP contribution in [0.2, 0.25) is 0 Å². The molecule has 9 heteroatoms. The summed E-state index contributed by atoms with van der Waals surface area (Å²) < 4.78 is 13.0. The van der Waals surface area contributed by atoms with Crippen LogP contribution in [0.5, 0.6) is 11.6 Å². The van der Waals surface area contributed by atoms with E-state index in [0.717, 1.165) is 30.0 Å². The van der Waals surface area contributed by atoms with Gasteiger partial charge in [0.25, 0.3) is 5.91 Å². The zero-order valence-electron chi connectivity index (χ0n) is 17.1. The molecule has 0 radical (unpaired) electrons. The van der Waals surface area contributed by atoms with Crippen molar-refractivity contribution in [3.8, 4) is 17.4 Å². The summed E-state index contributed by atoms with van der Waals surface area (Å²) in [6.45, 7) is 3.92. The summed E-state index contributed by atoms with van der Waals surface area (Å²) in [6.07, 6.45) is 5.35. The van der Waals surface area contributed by atoms with Gasteiger partial charge in [-0.15, -0.1) is 0 Å². The number of anilines is 1. The number of hydrogen-bond donors (Lipinski definition) is 1. The number of ether oxygens (including phenoxy) is 1. The first kappa shape index (κ1) is 19.0. The first-order chi connectivity index (χ1) is 15.1. The van der Waals surface area contributed by atoms with Crippen molar-refractivity contribution >= 4 is 11.6 Å². The lowest BCUT2D eigenvalue weighted by Gasteiger charge is -2.09. The first-order valence-electron chi connectivity index (χ1n) is 9.95. The Bertz CT molecular complexity index is 1240. The lowest BCUT2D eigenvalue weighted by molar-refractivity contribution is 0.101. The van der Waals surface area contributed by atoms with E-state index in [2.05, 4.69) is 25.4 Å². The number of rotatable bonds is 6. The number of nitrogens with one attached hydrogen (secondary N) is 1. The third kappa shape index (κ3) is 4.02. The van der Waals surface area contributed by atoms with Crippen LogP contribution in [0.25, 0.3) is 5.82 Å². The van der Waals surface area contributed by atoms with Crippen molar-refractivity contribution in [1.82, 2.24) is 24.7 Å². The molecule has 1 aromatic carbocycles. The molecule has 3 heterocycles. The fourth-order valence-electron chi connectivity index (χ4n) is 3.13. The Labute approximate surface area is 178 Å². The number of hydrogen-bond acceptors (Lipinski definition) is 7. The standard InChI is InChI=1S/C22H20N6O3/c1-13-14(2)28(12-25-13)20-10-21(24-11-23-20)30-17-7-5-16(6-8-17)26-22(29)18-9-19(31-27-18)15-3-4-15/h5-12,15H,3-4H2,1-2H3,(H,26,29). The molecule has 0 saturated heterocycles. The van der Waals surface area contributed by atoms with Crippen LogP contribution in [0.1, 0.15) is 46.4 Å². The molecular weight excluding hydrogens is 396 g/mol. The van der Waals surface area contributed by atoms with Gasteiger partial charge in [0.1, 0.15) is 30.0 Å². The van der Waals surface area contributed by atoms with Gasteiger partial charge in [0.05, 0.1) is 5.69 Å². The maximum absolute atomic E-state index is 12.4. The molecule has 0 spiro atoms. The van der Waals surface area contributed by atoms with Gasteiger partial charge in [-0.1, -0.05) is 5.16 Å². The van der Waals surface area contributed by atoms with Gasteiger partial charge in [0.2, 0.25) is 5.88 Å². The van der Waals surface area contributed by atoms with Crippen LogP contribution in [-0.4, -0.2) is 30.6 Å². The van der Waals surface area contributed by atoms with Crippen LogP contribution in [0.3, 0.4) is 0 Å². The third-order valence-corrected chi connectivity index (χ3v) is 5.20. The molecule has 3 aromatic heterocycles. The molecule has 31 heavy (non-hydrogen) atoms. The number of aromatic nitrogens is 5. The molecule has 1 aliphatic carbocycles. The SMILES string of the molecule is Cc1ncn(-c2cc(Oc3ccc(NC(=O)c4cc(C5CC5)on4)cc3)ncn2)c1C. The Balaban J connectivity index is 1.25. The quantitative estimate of drug-likeness (QED) is 0.502. The third-order valence-electron chi connectivity index (χ3n) is 5.20. The van der Waals surface area contributed by atoms with Gasteiger partial charge in [-0.25, -0.2) is 15.0 Å². The highest BCUT2D eigenvalue weighted by Crippen LogP contribution is 2.40. The molecule has 1 fully saturated rings. The average molecular weight is 416 g/mol. The molecule has 5 rings (SSSR count). The van der Waals surface area contributed by atoms with Gasteiger partial charge >= 0.3 is 0 Å². The fraction of sp³-hybridized carbons (Fsp3) is 0.227. The Morgan fingerprint density at radius 1 is 1.13 bits per heavy atom. The number of imidazole rings is 1. The maximum Gasteiger partial charge on any atom is 0.277 e. The van der Waals surface area contributed by atoms with E-state index in [-0.39, 0.29) is 11.6 Å². The van der Waals surface area contributed by atoms with Crippen LogP contribution in [-0.2, 0) is 0 Å². The second kappa shape index (κ2) is 7.67. The largest absolute Gasteiger partial charge is 0.439 e. The molecule has 1 N–H and O–H groups in total. The van der Waals surface area contributed by atoms with Crippen LogP contribution in [0.4, 0.5) is 5.69 Å². The lowest BCUT2D eigenvalue weighted by atomic mass is 10.2. The smallest absolute Gasteiger partial charge is 0.277 e. The summed E-state index contributed by atoms with van der Waals surface area (Å²) in [5.41, 5.74) is 2.84. The predicted octanol–water partition coefficient (Wildman–Crippen LogP) is 4.19. The first-order valence-corrected chi connectivity index (χ1v) is 9.95. The Morgan fingerprint density at radius 2 is 1.94 bits per heavy atom. The molecule has 4 aromatic rings. The predicted molar refractivity (Wildman–Crippen MR) is 112 cm³/mol. The number of benzene rings is 1. The van der Waals surface area contributed by atoms with Gasteiger partial charge in [-0.2, -0.15) is 0 Å². The van der Waals surface area contributed by atoms with Gasteiger partial charge < -0.3 is 14.6 Å². The Morgan fingerprint density at radius 3 is 2.65 bits per heavy atom. The highest BCUT2D eigenvalue weighted by Gasteiger charge is 2.28. The van der Waals surface area contributed by atoms with Gasteiger partial charge in [-0.3, -0.25) is 9.36 Å². The molecule has 9 nitrogen and oxygen atoms in total. The molecule has 0 atom stereocenters. The topological polar surface area (TPSA) is 108 Å². The van der Waals surface area contributed by atoms with E-state index in [1.165, 1.54) is 6.33 Å². The number of carbonyl (C=O) groups is 1. The second-order valence-electron chi connectivity index (χ2n) is 7.47. The van der Waals surface area contributed by atoms with Crippen molar-refractivity contribution in [2.75, 3.05) is 5.32 Å². The zero-order valence-corrected chi connectivity index (χ0v) is 17.1. The lowest BCUT2D eigenvalue weighted by Crippen LogP contribution is -2.12. The molecule has 1 amide bonds. The number of nitrogens with zero attached hydrogens (tertiary/aromatic N) is 5. The van der Waals surface area contributed by atoms with Crippen LogP contribution >= 0.6 is 0 Å². The van der Waals surface area contributed by atoms with Crippen molar-refractivity contribution in [3.05, 3.63) is 71.9 Å². The van der Waals surface area contributed by atoms with E-state index >= 15 is 0 Å². The van der Waals surface area contributed by atoms with Crippen LogP contribution in [0.15, 0.2) is 53.6 Å². The monoisotopic (exact) mass is 416 g/mol. The van der Waals surface area contributed by atoms with Crippen molar-refractivity contribution in [2.24, 2.45) is 0 Å². The van der Waals surface area contributed by atoms with E-state index < -0.39 is 0 Å². The summed E-state index contributed by atoms with van der Waals surface area (Å²) in [5.74, 6) is 2.54. The number of amides is 1. The minimum atomic E-state index is -0.309. The molecule has 0 unspecified atom stereocenters. The summed E-state index contributed by atoms with van der Waals surface area (Å²) in [6, 6.07) is 10.5. The number of carbonyl (C=O) groups excluding carboxylic acids is 1. The second-order valence-corrected chi connectivity index (χ2v) is 7.47. The van der Waals surface area contributed by atoms with E-state index in [1.807, 2.05) is 18.4 Å². The maximum atomic E-state index is 12.4. The molecule has 156 valence electrons. The minimum absolute atomic E-state index is 0.278. The number of aryl methyl sites for hydroxylation is 1. The molecule has 1 saturated carbocycles. The van der Waals surface area contributed by atoms with E-state index in [0.29, 0.717) is 29.1 Å². The normalized spacial score (nSPS) is 13.2. The summed E-state index contributed by atoms with van der Waals surface area (Å²) in [5, 5.41) is 6.66. The molecule has 0 bridgehead atoms. The summed E-state index contributed by atoms with van der Waals surface area (Å²) >= 11 is 0. The highest BCUT2D eigenvalue weighted by molar-refractivity contribution is 6.02. The van der Waals surface area contributed by atoms with Crippen molar-refractivity contribution < 1.29 is 14.1 Å². The van der Waals surface area contributed by atoms with E-state index in [4.69, 9.17) is 9.26 Å². The Hall–Kier alpha value is -4.01. The van der Waals surface area contributed by atoms with Crippen molar-refractivity contribution in [3.63, 3.8) is 0 Å². The van der Waals surface area contributed by atoms with Crippen molar-refractivity contribution in [1.29, 1.82) is 0 Å². The molecule has 1 aliphatic rings. The van der Waals surface area contributed by atoms with E-state index in [9.17, 15) is 4.79 Å². The zero-order chi connectivity index (χ0) is 21.4. The summed E-state index contributed by atoms with van der Waals surface area (Å²) in [7, 11) is 0. The van der Waals surface area contributed by atoms with Crippen LogP contribution in [0, 0.1) is 13.8 Å². The highest BCUT2D eigenvalue weighted by atomic mass is 16.5. The summed E-state index contributed by atoms with van der Waals surface area (Å²) in [4.78, 5) is 25.1. The minimum Gasteiger partial charge on any atom is -0.439 e. The van der Waals surface area contributed by atoms with E-state index in [1.54, 1.807) is 42.7 Å².